The van der Waals surface area contributed by atoms with Crippen LogP contribution in [0.15, 0.2) is 6.20 Å². The lowest BCUT2D eigenvalue weighted by atomic mass is 10.3. The van der Waals surface area contributed by atoms with E-state index in [2.05, 4.69) is 20.8 Å². The Morgan fingerprint density at radius 1 is 1.14 bits per heavy atom. The number of hydrogen-bond donors (Lipinski definition) is 2. The minimum Gasteiger partial charge on any atom is -0.357 e. The minimum atomic E-state index is -0.475. The maximum absolute atomic E-state index is 12.2. The van der Waals surface area contributed by atoms with Crippen molar-refractivity contribution in [1.82, 2.24) is 25.7 Å². The quantitative estimate of drug-likeness (QED) is 0.655. The number of aryl methyl sites for hydroxylation is 2. The van der Waals surface area contributed by atoms with Crippen LogP contribution >= 0.6 is 22.7 Å². The molecule has 11 heteroatoms. The van der Waals surface area contributed by atoms with Gasteiger partial charge in [-0.05, 0) is 26.7 Å². The number of aromatic nitrogens is 2. The van der Waals surface area contributed by atoms with E-state index >= 15 is 0 Å². The predicted molar refractivity (Wildman–Crippen MR) is 105 cm³/mol. The van der Waals surface area contributed by atoms with Crippen LogP contribution in [-0.2, 0) is 4.79 Å². The van der Waals surface area contributed by atoms with E-state index in [9.17, 15) is 14.4 Å². The summed E-state index contributed by atoms with van der Waals surface area (Å²) in [7, 11) is 0. The summed E-state index contributed by atoms with van der Waals surface area (Å²) in [6.45, 7) is 5.43. The monoisotopic (exact) mass is 423 g/mol. The second kappa shape index (κ2) is 9.11. The number of rotatable bonds is 7. The minimum absolute atomic E-state index is 0.0530. The van der Waals surface area contributed by atoms with Gasteiger partial charge in [-0.1, -0.05) is 0 Å². The first kappa shape index (κ1) is 20.2. The Morgan fingerprint density at radius 2 is 1.89 bits per heavy atom. The molecule has 2 N–H and O–H groups in total. The van der Waals surface area contributed by atoms with Gasteiger partial charge in [-0.15, -0.1) is 22.7 Å². The fraction of sp³-hybridized carbons (Fsp3) is 0.471. The first-order valence-corrected chi connectivity index (χ1v) is 10.5. The number of amides is 3. The Hall–Kier alpha value is -2.53. The molecule has 0 aliphatic carbocycles. The molecule has 3 heterocycles. The summed E-state index contributed by atoms with van der Waals surface area (Å²) in [6.07, 6.45) is 3.95. The highest BCUT2D eigenvalue weighted by Crippen LogP contribution is 2.23. The predicted octanol–water partition coefficient (Wildman–Crippen LogP) is 1.68. The molecule has 0 saturated carbocycles. The molecule has 0 bridgehead atoms. The number of carbonyl (C=O) groups excluding carboxylic acids is 3. The van der Waals surface area contributed by atoms with Gasteiger partial charge >= 0.3 is 5.91 Å². The van der Waals surface area contributed by atoms with E-state index in [1.807, 2.05) is 11.8 Å². The third kappa shape index (κ3) is 5.04. The summed E-state index contributed by atoms with van der Waals surface area (Å²) in [6, 6.07) is 0. The van der Waals surface area contributed by atoms with Crippen molar-refractivity contribution in [2.45, 2.75) is 33.1 Å². The molecule has 1 aliphatic heterocycles. The van der Waals surface area contributed by atoms with Crippen LogP contribution in [0.2, 0.25) is 0 Å². The van der Waals surface area contributed by atoms with E-state index < -0.39 is 5.91 Å². The van der Waals surface area contributed by atoms with E-state index in [1.54, 1.807) is 13.1 Å². The maximum atomic E-state index is 12.2. The van der Waals surface area contributed by atoms with Gasteiger partial charge in [0.05, 0.1) is 4.88 Å². The first-order chi connectivity index (χ1) is 13.4. The molecule has 0 aromatic carbocycles. The highest BCUT2D eigenvalue weighted by molar-refractivity contribution is 7.14. The molecule has 2 aromatic heterocycles. The van der Waals surface area contributed by atoms with Crippen molar-refractivity contribution in [3.8, 4) is 5.88 Å². The third-order valence-electron chi connectivity index (χ3n) is 4.09. The van der Waals surface area contributed by atoms with Crippen LogP contribution in [-0.4, -0.2) is 52.2 Å². The van der Waals surface area contributed by atoms with E-state index in [0.29, 0.717) is 4.88 Å². The number of nitrogens with one attached hydrogen (secondary N) is 2. The molecule has 0 spiro atoms. The van der Waals surface area contributed by atoms with Crippen LogP contribution in [0.4, 0.5) is 0 Å². The highest BCUT2D eigenvalue weighted by Gasteiger charge is 2.20. The second-order valence-electron chi connectivity index (χ2n) is 6.28. The first-order valence-electron chi connectivity index (χ1n) is 8.87. The summed E-state index contributed by atoms with van der Waals surface area (Å²) in [5, 5.41) is 3.19. The van der Waals surface area contributed by atoms with Gasteiger partial charge in [0.2, 0.25) is 5.91 Å². The van der Waals surface area contributed by atoms with Crippen molar-refractivity contribution in [2.24, 2.45) is 0 Å². The summed E-state index contributed by atoms with van der Waals surface area (Å²) >= 11 is 2.40. The molecule has 2 aromatic rings. The Morgan fingerprint density at radius 3 is 2.57 bits per heavy atom. The van der Waals surface area contributed by atoms with Crippen molar-refractivity contribution >= 4 is 40.4 Å². The average molecular weight is 424 g/mol. The molecule has 150 valence electrons. The molecule has 0 unspecified atom stereocenters. The zero-order chi connectivity index (χ0) is 20.1. The fourth-order valence-electron chi connectivity index (χ4n) is 2.66. The van der Waals surface area contributed by atoms with E-state index in [0.717, 1.165) is 42.1 Å². The summed E-state index contributed by atoms with van der Waals surface area (Å²) in [5.41, 5.74) is 2.28. The van der Waals surface area contributed by atoms with E-state index in [1.165, 1.54) is 11.3 Å². The standard InChI is InChI=1S/C17H21N5O4S2/c1-10-9-19-16(27-10)14(25)21-26-15-11(2)28-17(20-15)13(24)18-6-5-12(23)22-7-3-4-8-22/h9H,3-8H2,1-2H3,(H,18,24)(H,21,25). The number of nitrogens with zero attached hydrogens (tertiary/aromatic N) is 3. The van der Waals surface area contributed by atoms with Crippen molar-refractivity contribution in [2.75, 3.05) is 19.6 Å². The normalized spacial score (nSPS) is 13.4. The molecule has 1 aliphatic rings. The van der Waals surface area contributed by atoms with Gasteiger partial charge in [0.1, 0.15) is 0 Å². The Labute approximate surface area is 170 Å². The van der Waals surface area contributed by atoms with Crippen LogP contribution < -0.4 is 15.6 Å². The van der Waals surface area contributed by atoms with Crippen LogP contribution in [0.5, 0.6) is 5.88 Å². The lowest BCUT2D eigenvalue weighted by molar-refractivity contribution is -0.129. The van der Waals surface area contributed by atoms with Gasteiger partial charge in [0.25, 0.3) is 11.8 Å². The average Bonchev–Trinajstić information content (AvgIpc) is 3.40. The van der Waals surface area contributed by atoms with Crippen molar-refractivity contribution in [1.29, 1.82) is 0 Å². The van der Waals surface area contributed by atoms with Gasteiger partial charge < -0.3 is 15.1 Å². The highest BCUT2D eigenvalue weighted by atomic mass is 32.1. The SMILES string of the molecule is Cc1cnc(C(=O)NOc2nc(C(=O)NCCC(=O)N3CCCC3)sc2C)s1. The Kier molecular flexibility index (Phi) is 6.57. The molecule has 3 rings (SSSR count). The summed E-state index contributed by atoms with van der Waals surface area (Å²) in [5.74, 6) is -0.641. The third-order valence-corrected chi connectivity index (χ3v) is 5.95. The zero-order valence-corrected chi connectivity index (χ0v) is 17.2. The van der Waals surface area contributed by atoms with Gasteiger partial charge in [-0.3, -0.25) is 14.4 Å². The van der Waals surface area contributed by atoms with Crippen molar-refractivity contribution < 1.29 is 19.2 Å². The number of likely N-dealkylation sites (tertiary alicyclic amines) is 1. The molecule has 1 saturated heterocycles. The van der Waals surface area contributed by atoms with Gasteiger partial charge in [-0.25, -0.2) is 4.98 Å². The molecule has 0 radical (unpaired) electrons. The number of hydroxylamine groups is 1. The fourth-order valence-corrected chi connectivity index (χ4v) is 4.06. The molecular weight excluding hydrogens is 402 g/mol. The van der Waals surface area contributed by atoms with Gasteiger partial charge in [-0.2, -0.15) is 10.5 Å². The molecule has 1 fully saturated rings. The topological polar surface area (TPSA) is 114 Å². The second-order valence-corrected chi connectivity index (χ2v) is 8.72. The van der Waals surface area contributed by atoms with Crippen LogP contribution in [0.25, 0.3) is 0 Å². The van der Waals surface area contributed by atoms with Crippen LogP contribution in [0.3, 0.4) is 0 Å². The lowest BCUT2D eigenvalue weighted by Gasteiger charge is -2.14. The molecule has 0 atom stereocenters. The van der Waals surface area contributed by atoms with Crippen molar-refractivity contribution in [3.63, 3.8) is 0 Å². The lowest BCUT2D eigenvalue weighted by Crippen LogP contribution is -2.32. The molecule has 3 amide bonds. The van der Waals surface area contributed by atoms with Crippen molar-refractivity contribution in [3.05, 3.63) is 26.0 Å². The maximum Gasteiger partial charge on any atom is 0.312 e. The molecule has 9 nitrogen and oxygen atoms in total. The number of carbonyl (C=O) groups is 3. The number of hydrogen-bond acceptors (Lipinski definition) is 8. The zero-order valence-electron chi connectivity index (χ0n) is 15.6. The molecule has 28 heavy (non-hydrogen) atoms. The Balaban J connectivity index is 1.47. The van der Waals surface area contributed by atoms with Crippen LogP contribution in [0, 0.1) is 13.8 Å². The van der Waals surface area contributed by atoms with Crippen LogP contribution in [0.1, 0.15) is 48.6 Å². The van der Waals surface area contributed by atoms with E-state index in [4.69, 9.17) is 4.84 Å². The Bertz CT molecular complexity index is 873. The smallest absolute Gasteiger partial charge is 0.312 e. The number of thiazole rings is 2. The van der Waals surface area contributed by atoms with E-state index in [-0.39, 0.29) is 40.7 Å². The molecular formula is C17H21N5O4S2. The summed E-state index contributed by atoms with van der Waals surface area (Å²) in [4.78, 5) is 52.9. The van der Waals surface area contributed by atoms with Gasteiger partial charge in [0, 0.05) is 37.1 Å². The van der Waals surface area contributed by atoms with Gasteiger partial charge in [0.15, 0.2) is 10.0 Å². The largest absolute Gasteiger partial charge is 0.357 e. The summed E-state index contributed by atoms with van der Waals surface area (Å²) < 4.78 is 0.